The first-order chi connectivity index (χ1) is 7.85. The highest BCUT2D eigenvalue weighted by atomic mass is 16.6. The van der Waals surface area contributed by atoms with Gasteiger partial charge in [0.05, 0.1) is 6.61 Å². The second-order valence-electron chi connectivity index (χ2n) is 4.78. The highest BCUT2D eigenvalue weighted by Crippen LogP contribution is 2.19. The van der Waals surface area contributed by atoms with Gasteiger partial charge in [-0.1, -0.05) is 6.08 Å². The predicted octanol–water partition coefficient (Wildman–Crippen LogP) is 2.07. The van der Waals surface area contributed by atoms with E-state index in [-0.39, 0.29) is 0 Å². The Morgan fingerprint density at radius 3 is 2.59 bits per heavy atom. The zero-order valence-corrected chi connectivity index (χ0v) is 10.7. The van der Waals surface area contributed by atoms with Gasteiger partial charge in [0.25, 0.3) is 0 Å². The summed E-state index contributed by atoms with van der Waals surface area (Å²) in [5, 5.41) is 0. The van der Waals surface area contributed by atoms with E-state index in [2.05, 4.69) is 0 Å². The van der Waals surface area contributed by atoms with Crippen LogP contribution >= 0.6 is 0 Å². The van der Waals surface area contributed by atoms with E-state index in [9.17, 15) is 9.59 Å². The molecule has 1 atom stereocenters. The molecular formula is C12H19NO4. The average Bonchev–Trinajstić information content (AvgIpc) is 2.63. The molecule has 5 heteroatoms. The maximum absolute atomic E-state index is 11.8. The molecule has 0 radical (unpaired) electrons. The van der Waals surface area contributed by atoms with E-state index in [0.717, 1.165) is 0 Å². The fourth-order valence-electron chi connectivity index (χ4n) is 1.47. The zero-order chi connectivity index (χ0) is 13.1. The summed E-state index contributed by atoms with van der Waals surface area (Å²) < 4.78 is 10.1. The van der Waals surface area contributed by atoms with E-state index in [4.69, 9.17) is 9.47 Å². The predicted molar refractivity (Wildman–Crippen MR) is 62.3 cm³/mol. The van der Waals surface area contributed by atoms with Gasteiger partial charge in [0.2, 0.25) is 0 Å². The van der Waals surface area contributed by atoms with Gasteiger partial charge in [0.15, 0.2) is 0 Å². The molecule has 0 bridgehead atoms. The van der Waals surface area contributed by atoms with E-state index in [1.54, 1.807) is 40.0 Å². The lowest BCUT2D eigenvalue weighted by molar-refractivity contribution is -0.147. The van der Waals surface area contributed by atoms with Gasteiger partial charge in [-0.25, -0.2) is 9.59 Å². The van der Waals surface area contributed by atoms with E-state index in [1.165, 1.54) is 4.90 Å². The normalized spacial score (nSPS) is 19.3. The third-order valence-electron chi connectivity index (χ3n) is 2.12. The molecule has 17 heavy (non-hydrogen) atoms. The van der Waals surface area contributed by atoms with Crippen molar-refractivity contribution in [2.24, 2.45) is 0 Å². The van der Waals surface area contributed by atoms with Crippen LogP contribution in [0.5, 0.6) is 0 Å². The fourth-order valence-corrected chi connectivity index (χ4v) is 1.47. The quantitative estimate of drug-likeness (QED) is 0.694. The third-order valence-corrected chi connectivity index (χ3v) is 2.12. The summed E-state index contributed by atoms with van der Waals surface area (Å²) in [6, 6.07) is -0.593. The summed E-state index contributed by atoms with van der Waals surface area (Å²) in [4.78, 5) is 24.7. The van der Waals surface area contributed by atoms with Gasteiger partial charge in [0.1, 0.15) is 11.6 Å². The van der Waals surface area contributed by atoms with E-state index >= 15 is 0 Å². The van der Waals surface area contributed by atoms with Crippen LogP contribution in [-0.2, 0) is 14.3 Å². The van der Waals surface area contributed by atoms with Gasteiger partial charge in [-0.05, 0) is 34.1 Å². The molecule has 5 nitrogen and oxygen atoms in total. The van der Waals surface area contributed by atoms with E-state index in [1.807, 2.05) is 0 Å². The molecule has 0 aromatic carbocycles. The minimum absolute atomic E-state index is 0.303. The lowest BCUT2D eigenvalue weighted by Crippen LogP contribution is -2.42. The molecule has 0 aromatic rings. The minimum atomic E-state index is -0.593. The maximum Gasteiger partial charge on any atom is 0.415 e. The van der Waals surface area contributed by atoms with Crippen LogP contribution in [0.3, 0.4) is 0 Å². The Hall–Kier alpha value is -1.52. The van der Waals surface area contributed by atoms with Gasteiger partial charge in [-0.3, -0.25) is 4.90 Å². The first-order valence-electron chi connectivity index (χ1n) is 5.69. The first kappa shape index (κ1) is 13.5. The number of esters is 1. The highest BCUT2D eigenvalue weighted by Gasteiger charge is 2.34. The highest BCUT2D eigenvalue weighted by molar-refractivity contribution is 5.83. The second-order valence-corrected chi connectivity index (χ2v) is 4.78. The van der Waals surface area contributed by atoms with E-state index < -0.39 is 23.7 Å². The van der Waals surface area contributed by atoms with Gasteiger partial charge >= 0.3 is 12.1 Å². The van der Waals surface area contributed by atoms with Crippen LogP contribution < -0.4 is 0 Å². The molecule has 1 unspecified atom stereocenters. The minimum Gasteiger partial charge on any atom is -0.464 e. The van der Waals surface area contributed by atoms with Crippen molar-refractivity contribution in [1.82, 2.24) is 4.90 Å². The fraction of sp³-hybridized carbons (Fsp3) is 0.667. The maximum atomic E-state index is 11.8. The summed E-state index contributed by atoms with van der Waals surface area (Å²) in [5.41, 5.74) is -0.577. The molecular weight excluding hydrogens is 222 g/mol. The monoisotopic (exact) mass is 241 g/mol. The van der Waals surface area contributed by atoms with Crippen molar-refractivity contribution in [1.29, 1.82) is 0 Å². The Kier molecular flexibility index (Phi) is 4.15. The number of amides is 1. The summed E-state index contributed by atoms with van der Waals surface area (Å²) in [7, 11) is 0. The molecule has 0 aromatic heterocycles. The zero-order valence-electron chi connectivity index (χ0n) is 10.7. The smallest absolute Gasteiger partial charge is 0.415 e. The number of ether oxygens (including phenoxy) is 2. The number of carbonyl (C=O) groups excluding carboxylic acids is 2. The van der Waals surface area contributed by atoms with Gasteiger partial charge in [0, 0.05) is 6.20 Å². The van der Waals surface area contributed by atoms with Crippen LogP contribution in [0, 0.1) is 0 Å². The Bertz CT molecular complexity index is 330. The Morgan fingerprint density at radius 2 is 2.06 bits per heavy atom. The molecule has 0 saturated carbocycles. The molecule has 0 aliphatic carbocycles. The van der Waals surface area contributed by atoms with Crippen LogP contribution in [0.2, 0.25) is 0 Å². The number of nitrogens with zero attached hydrogens (tertiary/aromatic N) is 1. The number of hydrogen-bond donors (Lipinski definition) is 0. The van der Waals surface area contributed by atoms with Gasteiger partial charge in [-0.15, -0.1) is 0 Å². The molecule has 1 amide bonds. The van der Waals surface area contributed by atoms with Gasteiger partial charge < -0.3 is 9.47 Å². The molecule has 1 heterocycles. The van der Waals surface area contributed by atoms with Crippen LogP contribution in [0.15, 0.2) is 12.3 Å². The SMILES string of the molecule is CCOC(=O)C1CC=CN1C(=O)OC(C)(C)C. The van der Waals surface area contributed by atoms with Crippen LogP contribution in [-0.4, -0.2) is 35.2 Å². The summed E-state index contributed by atoms with van der Waals surface area (Å²) in [6.07, 6.45) is 3.27. The van der Waals surface area contributed by atoms with E-state index in [0.29, 0.717) is 13.0 Å². The van der Waals surface area contributed by atoms with Crippen molar-refractivity contribution in [3.63, 3.8) is 0 Å². The summed E-state index contributed by atoms with van der Waals surface area (Å²) >= 11 is 0. The van der Waals surface area contributed by atoms with Crippen LogP contribution in [0.1, 0.15) is 34.1 Å². The van der Waals surface area contributed by atoms with Crippen molar-refractivity contribution in [2.75, 3.05) is 6.61 Å². The van der Waals surface area contributed by atoms with Crippen molar-refractivity contribution in [2.45, 2.75) is 45.8 Å². The lowest BCUT2D eigenvalue weighted by Gasteiger charge is -2.26. The van der Waals surface area contributed by atoms with Crippen molar-refractivity contribution < 1.29 is 19.1 Å². The first-order valence-corrected chi connectivity index (χ1v) is 5.69. The Balaban J connectivity index is 2.66. The Morgan fingerprint density at radius 1 is 1.41 bits per heavy atom. The lowest BCUT2D eigenvalue weighted by atomic mass is 10.2. The third kappa shape index (κ3) is 3.76. The molecule has 1 rings (SSSR count). The van der Waals surface area contributed by atoms with Crippen LogP contribution in [0.25, 0.3) is 0 Å². The largest absolute Gasteiger partial charge is 0.464 e. The van der Waals surface area contributed by atoms with Gasteiger partial charge in [-0.2, -0.15) is 0 Å². The second kappa shape index (κ2) is 5.21. The average molecular weight is 241 g/mol. The molecule has 0 fully saturated rings. The van der Waals surface area contributed by atoms with Crippen molar-refractivity contribution in [3.8, 4) is 0 Å². The number of hydrogen-bond acceptors (Lipinski definition) is 4. The molecule has 1 aliphatic heterocycles. The van der Waals surface area contributed by atoms with Crippen molar-refractivity contribution >= 4 is 12.1 Å². The number of carbonyl (C=O) groups is 2. The molecule has 1 aliphatic rings. The standard InChI is InChI=1S/C12H19NO4/c1-5-16-10(14)9-7-6-8-13(9)11(15)17-12(2,3)4/h6,8-9H,5,7H2,1-4H3. The van der Waals surface area contributed by atoms with Crippen molar-refractivity contribution in [3.05, 3.63) is 12.3 Å². The summed E-state index contributed by atoms with van der Waals surface area (Å²) in [5.74, 6) is -0.400. The van der Waals surface area contributed by atoms with Crippen LogP contribution in [0.4, 0.5) is 4.79 Å². The molecule has 0 N–H and O–H groups in total. The molecule has 0 spiro atoms. The topological polar surface area (TPSA) is 55.8 Å². The summed E-state index contributed by atoms with van der Waals surface area (Å²) in [6.45, 7) is 7.38. The molecule has 0 saturated heterocycles. The number of rotatable bonds is 2. The molecule has 96 valence electrons. The Labute approximate surface area is 101 Å².